The molecule has 8 heteroatoms. The van der Waals surface area contributed by atoms with E-state index in [-0.39, 0.29) is 11.4 Å². The third kappa shape index (κ3) is 2.94. The molecule has 0 bridgehead atoms. The van der Waals surface area contributed by atoms with Crippen LogP contribution in [0.1, 0.15) is 24.5 Å². The normalized spacial score (nSPS) is 15.3. The van der Waals surface area contributed by atoms with Gasteiger partial charge in [-0.3, -0.25) is 4.79 Å². The summed E-state index contributed by atoms with van der Waals surface area (Å²) in [5, 5.41) is 10.4. The molecule has 0 amide bonds. The first-order valence-electron chi connectivity index (χ1n) is 9.23. The standard InChI is InChI=1S/C20H18FN5OS/c21-15-4-2-1-3-13(15)16-11-28-20(24-16)14-10-23-26-17(9-18(27)25-19(14)26)12-5-7-22-8-6-12/h1-4,9-12,22H,5-8H2,(H,25,27). The zero-order chi connectivity index (χ0) is 19.1. The second kappa shape index (κ2) is 6.96. The lowest BCUT2D eigenvalue weighted by atomic mass is 9.94. The van der Waals surface area contributed by atoms with Crippen molar-refractivity contribution in [3.63, 3.8) is 0 Å². The number of hydrogen-bond donors (Lipinski definition) is 2. The topological polar surface area (TPSA) is 75.1 Å². The molecule has 1 aromatic carbocycles. The Morgan fingerprint density at radius 3 is 2.82 bits per heavy atom. The van der Waals surface area contributed by atoms with E-state index in [1.165, 1.54) is 17.4 Å². The van der Waals surface area contributed by atoms with Gasteiger partial charge in [0.2, 0.25) is 0 Å². The summed E-state index contributed by atoms with van der Waals surface area (Å²) in [6.07, 6.45) is 3.67. The fourth-order valence-electron chi connectivity index (χ4n) is 3.77. The number of hydrogen-bond acceptors (Lipinski definition) is 5. The number of thiazole rings is 1. The third-order valence-electron chi connectivity index (χ3n) is 5.18. The fourth-order valence-corrected chi connectivity index (χ4v) is 4.60. The van der Waals surface area contributed by atoms with E-state index in [1.54, 1.807) is 30.5 Å². The average molecular weight is 395 g/mol. The largest absolute Gasteiger partial charge is 0.317 e. The van der Waals surface area contributed by atoms with E-state index >= 15 is 0 Å². The first-order chi connectivity index (χ1) is 13.7. The van der Waals surface area contributed by atoms with Gasteiger partial charge in [-0.25, -0.2) is 13.9 Å². The smallest absolute Gasteiger partial charge is 0.251 e. The molecule has 142 valence electrons. The van der Waals surface area contributed by atoms with Crippen LogP contribution in [-0.4, -0.2) is 32.7 Å². The Bertz CT molecular complexity index is 1200. The maximum atomic E-state index is 14.1. The van der Waals surface area contributed by atoms with Crippen LogP contribution >= 0.6 is 11.3 Å². The molecule has 0 atom stereocenters. The van der Waals surface area contributed by atoms with Crippen molar-refractivity contribution in [3.8, 4) is 21.8 Å². The molecule has 0 radical (unpaired) electrons. The van der Waals surface area contributed by atoms with Crippen LogP contribution in [0, 0.1) is 5.82 Å². The number of halogens is 1. The third-order valence-corrected chi connectivity index (χ3v) is 6.05. The molecule has 3 aromatic heterocycles. The van der Waals surface area contributed by atoms with Crippen LogP contribution in [0.2, 0.25) is 0 Å². The van der Waals surface area contributed by atoms with Crippen LogP contribution < -0.4 is 10.9 Å². The Labute approximate surface area is 164 Å². The Hall–Kier alpha value is -2.84. The second-order valence-electron chi connectivity index (χ2n) is 6.92. The molecular formula is C20H18FN5OS. The van der Waals surface area contributed by atoms with Crippen LogP contribution in [0.4, 0.5) is 4.39 Å². The van der Waals surface area contributed by atoms with Gasteiger partial charge >= 0.3 is 0 Å². The molecule has 4 heterocycles. The quantitative estimate of drug-likeness (QED) is 0.557. The first-order valence-corrected chi connectivity index (χ1v) is 10.1. The highest BCUT2D eigenvalue weighted by molar-refractivity contribution is 7.13. The van der Waals surface area contributed by atoms with E-state index in [0.29, 0.717) is 27.8 Å². The predicted molar refractivity (Wildman–Crippen MR) is 107 cm³/mol. The Morgan fingerprint density at radius 2 is 2.00 bits per heavy atom. The van der Waals surface area contributed by atoms with Crippen molar-refractivity contribution in [1.82, 2.24) is 24.9 Å². The van der Waals surface area contributed by atoms with Crippen molar-refractivity contribution in [1.29, 1.82) is 0 Å². The molecule has 0 saturated carbocycles. The summed E-state index contributed by atoms with van der Waals surface area (Å²) < 4.78 is 15.9. The lowest BCUT2D eigenvalue weighted by molar-refractivity contribution is 0.446. The molecule has 0 aliphatic carbocycles. The van der Waals surface area contributed by atoms with Crippen LogP contribution in [0.25, 0.3) is 27.5 Å². The maximum absolute atomic E-state index is 14.1. The van der Waals surface area contributed by atoms with E-state index in [4.69, 9.17) is 0 Å². The fraction of sp³-hybridized carbons (Fsp3) is 0.250. The van der Waals surface area contributed by atoms with Crippen molar-refractivity contribution in [3.05, 3.63) is 63.8 Å². The van der Waals surface area contributed by atoms with Gasteiger partial charge in [-0.15, -0.1) is 11.3 Å². The van der Waals surface area contributed by atoms with Crippen molar-refractivity contribution >= 4 is 17.0 Å². The van der Waals surface area contributed by atoms with E-state index in [0.717, 1.165) is 37.2 Å². The Morgan fingerprint density at radius 1 is 1.18 bits per heavy atom. The lowest BCUT2D eigenvalue weighted by Crippen LogP contribution is -2.28. The van der Waals surface area contributed by atoms with Crippen molar-refractivity contribution in [2.24, 2.45) is 0 Å². The number of rotatable bonds is 3. The maximum Gasteiger partial charge on any atom is 0.251 e. The lowest BCUT2D eigenvalue weighted by Gasteiger charge is -2.23. The molecule has 0 unspecified atom stereocenters. The molecular weight excluding hydrogens is 377 g/mol. The highest BCUT2D eigenvalue weighted by Gasteiger charge is 2.22. The summed E-state index contributed by atoms with van der Waals surface area (Å²) in [7, 11) is 0. The van der Waals surface area contributed by atoms with Gasteiger partial charge in [0, 0.05) is 22.9 Å². The van der Waals surface area contributed by atoms with Crippen molar-refractivity contribution in [2.45, 2.75) is 18.8 Å². The number of piperidine rings is 1. The Kier molecular flexibility index (Phi) is 4.29. The molecule has 6 nitrogen and oxygen atoms in total. The number of aromatic amines is 1. The highest BCUT2D eigenvalue weighted by Crippen LogP contribution is 2.33. The number of fused-ring (bicyclic) bond motifs is 1. The molecule has 1 saturated heterocycles. The van der Waals surface area contributed by atoms with Gasteiger partial charge in [0.15, 0.2) is 0 Å². The summed E-state index contributed by atoms with van der Waals surface area (Å²) in [4.78, 5) is 19.8. The van der Waals surface area contributed by atoms with Gasteiger partial charge in [-0.05, 0) is 38.1 Å². The van der Waals surface area contributed by atoms with Gasteiger partial charge in [0.25, 0.3) is 5.56 Å². The number of nitrogens with zero attached hydrogens (tertiary/aromatic N) is 3. The van der Waals surface area contributed by atoms with Crippen LogP contribution in [0.3, 0.4) is 0 Å². The average Bonchev–Trinajstić information content (AvgIpc) is 3.35. The van der Waals surface area contributed by atoms with Crippen LogP contribution in [0.5, 0.6) is 0 Å². The Balaban J connectivity index is 1.60. The molecule has 0 spiro atoms. The van der Waals surface area contributed by atoms with Gasteiger partial charge in [0.1, 0.15) is 16.5 Å². The zero-order valence-corrected chi connectivity index (χ0v) is 15.8. The number of nitrogens with one attached hydrogen (secondary N) is 2. The van der Waals surface area contributed by atoms with E-state index in [2.05, 4.69) is 20.4 Å². The predicted octanol–water partition coefficient (Wildman–Crippen LogP) is 3.42. The number of H-pyrrole nitrogens is 1. The van der Waals surface area contributed by atoms with E-state index < -0.39 is 0 Å². The van der Waals surface area contributed by atoms with Crippen LogP contribution in [0.15, 0.2) is 46.7 Å². The van der Waals surface area contributed by atoms with Gasteiger partial charge in [-0.2, -0.15) is 5.10 Å². The van der Waals surface area contributed by atoms with Crippen LogP contribution in [-0.2, 0) is 0 Å². The van der Waals surface area contributed by atoms with Gasteiger partial charge in [0.05, 0.1) is 23.1 Å². The SMILES string of the molecule is O=c1cc(C2CCNCC2)n2ncc(-c3nc(-c4ccccc4F)cs3)c2[nH]1. The van der Waals surface area contributed by atoms with Crippen molar-refractivity contribution in [2.75, 3.05) is 13.1 Å². The highest BCUT2D eigenvalue weighted by atomic mass is 32.1. The summed E-state index contributed by atoms with van der Waals surface area (Å²) in [5.41, 5.74) is 3.21. The number of aromatic nitrogens is 4. The molecule has 1 aliphatic heterocycles. The van der Waals surface area contributed by atoms with Crippen molar-refractivity contribution < 1.29 is 4.39 Å². The van der Waals surface area contributed by atoms with Gasteiger partial charge in [-0.1, -0.05) is 12.1 Å². The zero-order valence-electron chi connectivity index (χ0n) is 15.0. The van der Waals surface area contributed by atoms with Gasteiger partial charge < -0.3 is 10.3 Å². The monoisotopic (exact) mass is 395 g/mol. The summed E-state index contributed by atoms with van der Waals surface area (Å²) in [6, 6.07) is 8.22. The second-order valence-corrected chi connectivity index (χ2v) is 7.78. The molecule has 4 aromatic rings. The first kappa shape index (κ1) is 17.3. The van der Waals surface area contributed by atoms with E-state index in [1.807, 2.05) is 9.90 Å². The molecule has 5 rings (SSSR count). The minimum Gasteiger partial charge on any atom is -0.317 e. The molecule has 28 heavy (non-hydrogen) atoms. The minimum atomic E-state index is -0.305. The number of benzene rings is 1. The minimum absolute atomic E-state index is 0.145. The summed E-state index contributed by atoms with van der Waals surface area (Å²) in [6.45, 7) is 1.87. The van der Waals surface area contributed by atoms with E-state index in [9.17, 15) is 9.18 Å². The molecule has 1 fully saturated rings. The summed E-state index contributed by atoms with van der Waals surface area (Å²) >= 11 is 1.41. The molecule has 1 aliphatic rings. The summed E-state index contributed by atoms with van der Waals surface area (Å²) in [5.74, 6) is -0.00936. The molecule has 2 N–H and O–H groups in total.